The molecule has 1 heterocycles. The van der Waals surface area contributed by atoms with E-state index in [1.807, 2.05) is 6.92 Å². The number of amides is 1. The number of carbonyl (C=O) groups excluding carboxylic acids is 1. The third-order valence-corrected chi connectivity index (χ3v) is 3.64. The van der Waals surface area contributed by atoms with Crippen molar-refractivity contribution in [1.82, 2.24) is 4.90 Å². The van der Waals surface area contributed by atoms with Crippen LogP contribution in [0.1, 0.15) is 23.0 Å². The van der Waals surface area contributed by atoms with Crippen LogP contribution >= 0.6 is 35.2 Å². The summed E-state index contributed by atoms with van der Waals surface area (Å²) in [6.45, 7) is 3.08. The Bertz CT molecular complexity index is 392. The normalized spacial score (nSPS) is 10.1. The van der Waals surface area contributed by atoms with Crippen molar-refractivity contribution in [2.75, 3.05) is 13.1 Å². The molecular weight excluding hydrogens is 264 g/mol. The molecule has 2 N–H and O–H groups in total. The summed E-state index contributed by atoms with van der Waals surface area (Å²) in [5.41, 5.74) is 5.41. The maximum Gasteiger partial charge on any atom is 0.265 e. The van der Waals surface area contributed by atoms with E-state index in [9.17, 15) is 4.79 Å². The van der Waals surface area contributed by atoms with Crippen LogP contribution in [0.4, 0.5) is 0 Å². The molecule has 0 unspecified atom stereocenters. The second kappa shape index (κ2) is 6.18. The Morgan fingerprint density at radius 3 is 2.81 bits per heavy atom. The molecule has 16 heavy (non-hydrogen) atoms. The summed E-state index contributed by atoms with van der Waals surface area (Å²) in [6.07, 6.45) is 0.540. The van der Waals surface area contributed by atoms with Gasteiger partial charge in [0.1, 0.15) is 4.88 Å². The Morgan fingerprint density at radius 1 is 1.69 bits per heavy atom. The lowest BCUT2D eigenvalue weighted by Crippen LogP contribution is -2.33. The summed E-state index contributed by atoms with van der Waals surface area (Å²) in [7, 11) is 0. The molecule has 1 rings (SSSR count). The molecule has 0 bridgehead atoms. The minimum absolute atomic E-state index is 0.0567. The Labute approximate surface area is 109 Å². The molecule has 0 aliphatic heterocycles. The Morgan fingerprint density at radius 2 is 2.38 bits per heavy atom. The second-order valence-corrected chi connectivity index (χ2v) is 5.05. The van der Waals surface area contributed by atoms with E-state index in [2.05, 4.69) is 0 Å². The van der Waals surface area contributed by atoms with E-state index >= 15 is 0 Å². The lowest BCUT2D eigenvalue weighted by atomic mass is 10.3. The highest BCUT2D eigenvalue weighted by atomic mass is 35.5. The highest BCUT2D eigenvalue weighted by molar-refractivity contribution is 7.80. The van der Waals surface area contributed by atoms with Gasteiger partial charge in [0, 0.05) is 19.5 Å². The lowest BCUT2D eigenvalue weighted by Gasteiger charge is -2.19. The zero-order valence-electron chi connectivity index (χ0n) is 8.90. The van der Waals surface area contributed by atoms with E-state index in [0.29, 0.717) is 34.4 Å². The van der Waals surface area contributed by atoms with Gasteiger partial charge in [-0.25, -0.2) is 0 Å². The first kappa shape index (κ1) is 13.4. The largest absolute Gasteiger partial charge is 0.393 e. The zero-order valence-corrected chi connectivity index (χ0v) is 11.3. The van der Waals surface area contributed by atoms with Crippen LogP contribution in [-0.2, 0) is 0 Å². The molecule has 6 heteroatoms. The van der Waals surface area contributed by atoms with Crippen molar-refractivity contribution in [2.45, 2.75) is 13.3 Å². The van der Waals surface area contributed by atoms with E-state index in [1.54, 1.807) is 16.3 Å². The molecule has 1 aromatic rings. The van der Waals surface area contributed by atoms with Crippen molar-refractivity contribution in [3.63, 3.8) is 0 Å². The highest BCUT2D eigenvalue weighted by Gasteiger charge is 2.18. The van der Waals surface area contributed by atoms with Gasteiger partial charge in [0.05, 0.1) is 10.0 Å². The maximum absolute atomic E-state index is 12.0. The van der Waals surface area contributed by atoms with Gasteiger partial charge in [-0.05, 0) is 18.4 Å². The summed E-state index contributed by atoms with van der Waals surface area (Å²) < 4.78 is 0. The van der Waals surface area contributed by atoms with Crippen LogP contribution in [0.5, 0.6) is 0 Å². The summed E-state index contributed by atoms with van der Waals surface area (Å²) in [6, 6.07) is 1.72. The van der Waals surface area contributed by atoms with E-state index in [0.717, 1.165) is 0 Å². The number of nitrogens with two attached hydrogens (primary N) is 1. The van der Waals surface area contributed by atoms with E-state index in [-0.39, 0.29) is 5.91 Å². The molecule has 0 aliphatic rings. The SMILES string of the molecule is CCN(CCC(N)=S)C(=O)c1sccc1Cl. The number of hydrogen-bond donors (Lipinski definition) is 1. The van der Waals surface area contributed by atoms with Gasteiger partial charge in [-0.3, -0.25) is 4.79 Å². The van der Waals surface area contributed by atoms with Gasteiger partial charge in [0.2, 0.25) is 0 Å². The molecule has 0 fully saturated rings. The molecule has 88 valence electrons. The number of thiophene rings is 1. The summed E-state index contributed by atoms with van der Waals surface area (Å²) >= 11 is 12.0. The third-order valence-electron chi connectivity index (χ3n) is 2.11. The molecule has 0 atom stereocenters. The number of nitrogens with zero attached hydrogens (tertiary/aromatic N) is 1. The van der Waals surface area contributed by atoms with Crippen LogP contribution in [-0.4, -0.2) is 28.9 Å². The van der Waals surface area contributed by atoms with Gasteiger partial charge < -0.3 is 10.6 Å². The van der Waals surface area contributed by atoms with Crippen LogP contribution in [0.25, 0.3) is 0 Å². The second-order valence-electron chi connectivity index (χ2n) is 3.20. The quantitative estimate of drug-likeness (QED) is 0.841. The number of hydrogen-bond acceptors (Lipinski definition) is 3. The number of rotatable bonds is 5. The monoisotopic (exact) mass is 276 g/mol. The van der Waals surface area contributed by atoms with Crippen molar-refractivity contribution >= 4 is 46.1 Å². The maximum atomic E-state index is 12.0. The van der Waals surface area contributed by atoms with Gasteiger partial charge in [-0.2, -0.15) is 0 Å². The number of thiocarbonyl (C=S) groups is 1. The first-order valence-electron chi connectivity index (χ1n) is 4.86. The fourth-order valence-corrected chi connectivity index (χ4v) is 2.43. The summed E-state index contributed by atoms with van der Waals surface area (Å²) in [4.78, 5) is 14.7. The Hall–Kier alpha value is -0.650. The van der Waals surface area contributed by atoms with Gasteiger partial charge in [-0.1, -0.05) is 23.8 Å². The lowest BCUT2D eigenvalue weighted by molar-refractivity contribution is 0.0774. The average Bonchev–Trinajstić information content (AvgIpc) is 2.64. The molecule has 0 radical (unpaired) electrons. The smallest absolute Gasteiger partial charge is 0.265 e. The zero-order chi connectivity index (χ0) is 12.1. The summed E-state index contributed by atoms with van der Waals surface area (Å²) in [5, 5.41) is 2.31. The van der Waals surface area contributed by atoms with Gasteiger partial charge in [0.25, 0.3) is 5.91 Å². The number of carbonyl (C=O) groups is 1. The van der Waals surface area contributed by atoms with Gasteiger partial charge >= 0.3 is 0 Å². The molecule has 3 nitrogen and oxygen atoms in total. The Balaban J connectivity index is 2.70. The average molecular weight is 277 g/mol. The fourth-order valence-electron chi connectivity index (χ4n) is 1.24. The molecule has 1 amide bonds. The number of halogens is 1. The van der Waals surface area contributed by atoms with E-state index in [4.69, 9.17) is 29.6 Å². The predicted molar refractivity (Wildman–Crippen MR) is 72.3 cm³/mol. The van der Waals surface area contributed by atoms with Crippen LogP contribution in [0.2, 0.25) is 5.02 Å². The minimum Gasteiger partial charge on any atom is -0.393 e. The summed E-state index contributed by atoms with van der Waals surface area (Å²) in [5.74, 6) is -0.0567. The van der Waals surface area contributed by atoms with Gasteiger partial charge in [0.15, 0.2) is 0 Å². The van der Waals surface area contributed by atoms with Crippen LogP contribution in [0, 0.1) is 0 Å². The molecular formula is C10H13ClN2OS2. The highest BCUT2D eigenvalue weighted by Crippen LogP contribution is 2.23. The van der Waals surface area contributed by atoms with Gasteiger partial charge in [-0.15, -0.1) is 11.3 Å². The molecule has 0 aromatic carbocycles. The van der Waals surface area contributed by atoms with Crippen molar-refractivity contribution in [3.05, 3.63) is 21.3 Å². The van der Waals surface area contributed by atoms with Crippen LogP contribution in [0.3, 0.4) is 0 Å². The van der Waals surface area contributed by atoms with Crippen LogP contribution in [0.15, 0.2) is 11.4 Å². The molecule has 0 aliphatic carbocycles. The van der Waals surface area contributed by atoms with Crippen molar-refractivity contribution in [3.8, 4) is 0 Å². The van der Waals surface area contributed by atoms with Crippen molar-refractivity contribution in [1.29, 1.82) is 0 Å². The standard InChI is InChI=1S/C10H13ClN2OS2/c1-2-13(5-3-8(12)15)10(14)9-7(11)4-6-16-9/h4,6H,2-3,5H2,1H3,(H2,12,15). The van der Waals surface area contributed by atoms with Crippen LogP contribution < -0.4 is 5.73 Å². The van der Waals surface area contributed by atoms with E-state index in [1.165, 1.54) is 11.3 Å². The fraction of sp³-hybridized carbons (Fsp3) is 0.400. The topological polar surface area (TPSA) is 46.3 Å². The molecule has 0 saturated heterocycles. The third kappa shape index (κ3) is 3.43. The molecule has 0 saturated carbocycles. The van der Waals surface area contributed by atoms with Crippen molar-refractivity contribution in [2.24, 2.45) is 5.73 Å². The van der Waals surface area contributed by atoms with E-state index < -0.39 is 0 Å². The molecule has 0 spiro atoms. The first-order valence-corrected chi connectivity index (χ1v) is 6.53. The Kier molecular flexibility index (Phi) is 5.18. The predicted octanol–water partition coefficient (Wildman–Crippen LogP) is 2.54. The minimum atomic E-state index is -0.0567. The molecule has 1 aromatic heterocycles. The van der Waals surface area contributed by atoms with Crippen molar-refractivity contribution < 1.29 is 4.79 Å². The first-order chi connectivity index (χ1) is 7.56.